The van der Waals surface area contributed by atoms with Gasteiger partial charge in [0.25, 0.3) is 0 Å². The van der Waals surface area contributed by atoms with Crippen molar-refractivity contribution in [1.29, 1.82) is 0 Å². The molecular weight excluding hydrogens is 326 g/mol. The van der Waals surface area contributed by atoms with E-state index in [0.29, 0.717) is 5.75 Å². The van der Waals surface area contributed by atoms with Gasteiger partial charge in [0.2, 0.25) is 0 Å². The highest BCUT2D eigenvalue weighted by molar-refractivity contribution is 7.14. The Morgan fingerprint density at radius 1 is 1.13 bits per heavy atom. The van der Waals surface area contributed by atoms with Crippen LogP contribution >= 0.6 is 22.7 Å². The summed E-state index contributed by atoms with van der Waals surface area (Å²) in [5.74, 6) is 0.396. The van der Waals surface area contributed by atoms with E-state index in [0.717, 1.165) is 33.0 Å². The van der Waals surface area contributed by atoms with Crippen LogP contribution in [0.2, 0.25) is 0 Å². The molecule has 0 fully saturated rings. The van der Waals surface area contributed by atoms with Crippen LogP contribution in [0, 0.1) is 20.8 Å². The van der Waals surface area contributed by atoms with Crippen LogP contribution in [0.1, 0.15) is 22.4 Å². The number of hydrogen-bond donors (Lipinski definition) is 0. The van der Waals surface area contributed by atoms with Gasteiger partial charge in [0, 0.05) is 16.3 Å². The van der Waals surface area contributed by atoms with Crippen LogP contribution in [-0.4, -0.2) is 11.0 Å². The fourth-order valence-corrected chi connectivity index (χ4v) is 3.82. The van der Waals surface area contributed by atoms with E-state index in [-0.39, 0.29) is 12.4 Å². The second-order valence-electron chi connectivity index (χ2n) is 5.46. The van der Waals surface area contributed by atoms with E-state index in [2.05, 4.69) is 10.4 Å². The van der Waals surface area contributed by atoms with E-state index in [1.54, 1.807) is 22.7 Å². The van der Waals surface area contributed by atoms with Crippen molar-refractivity contribution in [1.82, 2.24) is 4.98 Å². The first-order valence-corrected chi connectivity index (χ1v) is 9.11. The molecule has 2 heterocycles. The number of esters is 1. The number of benzene rings is 1. The first-order chi connectivity index (χ1) is 11.0. The topological polar surface area (TPSA) is 39.2 Å². The average molecular weight is 343 g/mol. The third-order valence-electron chi connectivity index (χ3n) is 3.73. The van der Waals surface area contributed by atoms with Crippen LogP contribution in [0.25, 0.3) is 10.6 Å². The van der Waals surface area contributed by atoms with Crippen molar-refractivity contribution < 1.29 is 9.53 Å². The molecule has 0 spiro atoms. The predicted molar refractivity (Wildman–Crippen MR) is 95.4 cm³/mol. The smallest absolute Gasteiger partial charge is 0.317 e. The highest BCUT2D eigenvalue weighted by Crippen LogP contribution is 2.28. The molecule has 118 valence electrons. The van der Waals surface area contributed by atoms with Crippen LogP contribution in [0.15, 0.2) is 34.3 Å². The van der Waals surface area contributed by atoms with Gasteiger partial charge >= 0.3 is 5.97 Å². The van der Waals surface area contributed by atoms with Crippen LogP contribution in [0.4, 0.5) is 0 Å². The van der Waals surface area contributed by atoms with Crippen molar-refractivity contribution in [2.45, 2.75) is 27.2 Å². The summed E-state index contributed by atoms with van der Waals surface area (Å²) in [6.45, 7) is 5.94. The molecule has 3 nitrogen and oxygen atoms in total. The quantitative estimate of drug-likeness (QED) is 0.497. The van der Waals surface area contributed by atoms with Gasteiger partial charge in [-0.1, -0.05) is 12.1 Å². The van der Waals surface area contributed by atoms with Gasteiger partial charge in [-0.3, -0.25) is 4.79 Å². The number of aryl methyl sites for hydroxylation is 2. The zero-order valence-electron chi connectivity index (χ0n) is 13.3. The molecule has 0 radical (unpaired) electrons. The summed E-state index contributed by atoms with van der Waals surface area (Å²) in [7, 11) is 0. The molecule has 5 heteroatoms. The number of aromatic nitrogens is 1. The minimum Gasteiger partial charge on any atom is -0.426 e. The summed E-state index contributed by atoms with van der Waals surface area (Å²) >= 11 is 3.19. The number of hydrogen-bond acceptors (Lipinski definition) is 5. The Morgan fingerprint density at radius 3 is 2.65 bits per heavy atom. The summed E-state index contributed by atoms with van der Waals surface area (Å²) in [4.78, 5) is 16.8. The monoisotopic (exact) mass is 343 g/mol. The number of nitrogens with zero attached hydrogens (tertiary/aromatic N) is 1. The Hall–Kier alpha value is -1.98. The molecule has 3 aromatic rings. The predicted octanol–water partition coefficient (Wildman–Crippen LogP) is 4.94. The van der Waals surface area contributed by atoms with Crippen molar-refractivity contribution in [3.05, 3.63) is 56.7 Å². The number of thiazole rings is 1. The summed E-state index contributed by atoms with van der Waals surface area (Å²) < 4.78 is 5.59. The van der Waals surface area contributed by atoms with Crippen molar-refractivity contribution in [2.24, 2.45) is 0 Å². The fourth-order valence-electron chi connectivity index (χ4n) is 2.29. The van der Waals surface area contributed by atoms with Crippen LogP contribution in [0.5, 0.6) is 5.75 Å². The molecule has 0 saturated carbocycles. The van der Waals surface area contributed by atoms with E-state index in [1.807, 2.05) is 49.7 Å². The standard InChI is InChI=1S/C18H17NO2S2/c1-11-4-5-12(2)17(13(11)3)21-16(20)8-15-10-23-18(19-15)14-6-7-22-9-14/h4-7,9-10H,8H2,1-3H3. The molecule has 0 atom stereocenters. The number of thiophene rings is 1. The van der Waals surface area contributed by atoms with E-state index < -0.39 is 0 Å². The fraction of sp³-hybridized carbons (Fsp3) is 0.222. The minimum atomic E-state index is -0.274. The number of rotatable bonds is 4. The molecule has 0 bridgehead atoms. The number of carbonyl (C=O) groups excluding carboxylic acids is 1. The second kappa shape index (κ2) is 6.64. The van der Waals surface area contributed by atoms with Gasteiger partial charge in [-0.2, -0.15) is 11.3 Å². The minimum absolute atomic E-state index is 0.188. The van der Waals surface area contributed by atoms with Crippen molar-refractivity contribution in [3.8, 4) is 16.3 Å². The lowest BCUT2D eigenvalue weighted by atomic mass is 10.1. The van der Waals surface area contributed by atoms with Crippen molar-refractivity contribution in [2.75, 3.05) is 0 Å². The van der Waals surface area contributed by atoms with E-state index in [4.69, 9.17) is 4.74 Å². The maximum absolute atomic E-state index is 12.2. The molecule has 0 saturated heterocycles. The first-order valence-electron chi connectivity index (χ1n) is 7.29. The maximum atomic E-state index is 12.2. The second-order valence-corrected chi connectivity index (χ2v) is 7.10. The molecule has 3 rings (SSSR count). The summed E-state index contributed by atoms with van der Waals surface area (Å²) in [6, 6.07) is 6.04. The Balaban J connectivity index is 1.72. The Bertz CT molecular complexity index is 835. The molecule has 0 aliphatic heterocycles. The lowest BCUT2D eigenvalue weighted by Gasteiger charge is -2.12. The van der Waals surface area contributed by atoms with Crippen LogP contribution in [-0.2, 0) is 11.2 Å². The summed E-state index contributed by atoms with van der Waals surface area (Å²) in [5, 5.41) is 6.94. The molecule has 0 aliphatic carbocycles. The normalized spacial score (nSPS) is 10.7. The third kappa shape index (κ3) is 3.51. The van der Waals surface area contributed by atoms with Gasteiger partial charge in [0.1, 0.15) is 10.8 Å². The molecule has 0 unspecified atom stereocenters. The van der Waals surface area contributed by atoms with Crippen molar-refractivity contribution in [3.63, 3.8) is 0 Å². The molecule has 1 aromatic carbocycles. The lowest BCUT2D eigenvalue weighted by molar-refractivity contribution is -0.133. The van der Waals surface area contributed by atoms with Gasteiger partial charge in [-0.25, -0.2) is 4.98 Å². The number of carbonyl (C=O) groups is 1. The highest BCUT2D eigenvalue weighted by Gasteiger charge is 2.14. The van der Waals surface area contributed by atoms with E-state index in [1.165, 1.54) is 0 Å². The maximum Gasteiger partial charge on any atom is 0.317 e. The highest BCUT2D eigenvalue weighted by atomic mass is 32.1. The number of ether oxygens (including phenoxy) is 1. The summed E-state index contributed by atoms with van der Waals surface area (Å²) in [5.41, 5.74) is 4.95. The summed E-state index contributed by atoms with van der Waals surface area (Å²) in [6.07, 6.45) is 0.188. The van der Waals surface area contributed by atoms with E-state index in [9.17, 15) is 4.79 Å². The van der Waals surface area contributed by atoms with Gasteiger partial charge < -0.3 is 4.74 Å². The first kappa shape index (κ1) is 15.9. The Labute approximate surface area is 143 Å². The molecule has 2 aromatic heterocycles. The van der Waals surface area contributed by atoms with Gasteiger partial charge in [0.15, 0.2) is 0 Å². The van der Waals surface area contributed by atoms with Gasteiger partial charge in [-0.15, -0.1) is 11.3 Å². The lowest BCUT2D eigenvalue weighted by Crippen LogP contribution is -2.13. The van der Waals surface area contributed by atoms with Gasteiger partial charge in [0.05, 0.1) is 12.1 Å². The Kier molecular flexibility index (Phi) is 4.59. The zero-order chi connectivity index (χ0) is 16.4. The van der Waals surface area contributed by atoms with Crippen LogP contribution in [0.3, 0.4) is 0 Å². The largest absolute Gasteiger partial charge is 0.426 e. The average Bonchev–Trinajstić information content (AvgIpc) is 3.18. The van der Waals surface area contributed by atoms with Gasteiger partial charge in [-0.05, 0) is 48.9 Å². The molecule has 0 N–H and O–H groups in total. The zero-order valence-corrected chi connectivity index (χ0v) is 14.9. The molecular formula is C18H17NO2S2. The third-order valence-corrected chi connectivity index (χ3v) is 5.36. The van der Waals surface area contributed by atoms with E-state index >= 15 is 0 Å². The molecule has 23 heavy (non-hydrogen) atoms. The SMILES string of the molecule is Cc1ccc(C)c(OC(=O)Cc2csc(-c3ccsc3)n2)c1C. The van der Waals surface area contributed by atoms with Crippen molar-refractivity contribution >= 4 is 28.6 Å². The van der Waals surface area contributed by atoms with Crippen LogP contribution < -0.4 is 4.74 Å². The Morgan fingerprint density at radius 2 is 1.91 bits per heavy atom. The molecule has 0 aliphatic rings. The molecule has 0 amide bonds.